The number of carbonyl (C=O) groups excluding carboxylic acids is 3. The molecular formula is C32H56NO12P. The molecule has 0 aliphatic heterocycles. The van der Waals surface area contributed by atoms with E-state index in [0.29, 0.717) is 12.7 Å². The van der Waals surface area contributed by atoms with Gasteiger partial charge in [0.2, 0.25) is 0 Å². The molecule has 0 rings (SSSR count). The van der Waals surface area contributed by atoms with Crippen molar-refractivity contribution in [3.63, 3.8) is 0 Å². The van der Waals surface area contributed by atoms with Crippen LogP contribution in [0.15, 0.2) is 24.3 Å². The first kappa shape index (κ1) is 43.6. The van der Waals surface area contributed by atoms with E-state index in [4.69, 9.17) is 24.8 Å². The first-order valence-electron chi connectivity index (χ1n) is 16.4. The molecule has 0 bridgehead atoms. The summed E-state index contributed by atoms with van der Waals surface area (Å²) >= 11 is 0. The number of ether oxygens (including phenoxy) is 2. The van der Waals surface area contributed by atoms with Crippen molar-refractivity contribution in [1.29, 1.82) is 0 Å². The van der Waals surface area contributed by atoms with Crippen LogP contribution in [-0.2, 0) is 42.3 Å². The maximum Gasteiger partial charge on any atom is 0.472 e. The number of aliphatic carboxylic acids is 1. The van der Waals surface area contributed by atoms with Crippen molar-refractivity contribution in [2.45, 2.75) is 134 Å². The molecule has 2 unspecified atom stereocenters. The van der Waals surface area contributed by atoms with E-state index in [2.05, 4.69) is 23.6 Å². The van der Waals surface area contributed by atoms with Crippen LogP contribution in [0.5, 0.6) is 0 Å². The average Bonchev–Trinajstić information content (AvgIpc) is 3.01. The highest BCUT2D eigenvalue weighted by atomic mass is 31.2. The van der Waals surface area contributed by atoms with Crippen LogP contribution in [0.2, 0.25) is 0 Å². The van der Waals surface area contributed by atoms with E-state index in [1.807, 2.05) is 0 Å². The maximum atomic E-state index is 12.3. The van der Waals surface area contributed by atoms with E-state index < -0.39 is 63.8 Å². The Bertz CT molecular complexity index is 942. The van der Waals surface area contributed by atoms with Crippen molar-refractivity contribution < 1.29 is 57.4 Å². The fourth-order valence-electron chi connectivity index (χ4n) is 4.14. The molecule has 5 N–H and O–H groups in total. The predicted molar refractivity (Wildman–Crippen MR) is 173 cm³/mol. The second-order valence-corrected chi connectivity index (χ2v) is 12.6. The zero-order valence-corrected chi connectivity index (χ0v) is 28.2. The molecule has 46 heavy (non-hydrogen) atoms. The van der Waals surface area contributed by atoms with Gasteiger partial charge in [-0.1, -0.05) is 76.5 Å². The molecule has 0 saturated heterocycles. The number of carboxylic acids is 1. The summed E-state index contributed by atoms with van der Waals surface area (Å²) in [6.07, 6.45) is 20.3. The number of phosphoric ester groups is 1. The number of unbranched alkanes of at least 4 members (excludes halogenated alkanes) is 11. The molecule has 0 saturated carbocycles. The highest BCUT2D eigenvalue weighted by Gasteiger charge is 2.28. The van der Waals surface area contributed by atoms with Gasteiger partial charge in [-0.25, -0.2) is 4.57 Å². The van der Waals surface area contributed by atoms with Crippen LogP contribution in [0.4, 0.5) is 0 Å². The molecule has 14 heteroatoms. The number of rotatable bonds is 31. The van der Waals surface area contributed by atoms with Crippen LogP contribution in [0.1, 0.15) is 116 Å². The molecule has 0 amide bonds. The highest BCUT2D eigenvalue weighted by Crippen LogP contribution is 2.43. The number of aliphatic hydroxyl groups is 1. The van der Waals surface area contributed by atoms with Gasteiger partial charge in [0.15, 0.2) is 6.10 Å². The molecule has 0 aliphatic rings. The minimum absolute atomic E-state index is 0.133. The third-order valence-corrected chi connectivity index (χ3v) is 7.77. The van der Waals surface area contributed by atoms with Crippen LogP contribution in [0.3, 0.4) is 0 Å². The molecule has 0 fully saturated rings. The first-order valence-corrected chi connectivity index (χ1v) is 17.9. The van der Waals surface area contributed by atoms with Gasteiger partial charge in [0.25, 0.3) is 0 Å². The summed E-state index contributed by atoms with van der Waals surface area (Å²) < 4.78 is 32.0. The van der Waals surface area contributed by atoms with E-state index in [-0.39, 0.29) is 25.7 Å². The topological polar surface area (TPSA) is 209 Å². The molecule has 266 valence electrons. The van der Waals surface area contributed by atoms with Gasteiger partial charge in [-0.05, 0) is 51.0 Å². The smallest absolute Gasteiger partial charge is 0.472 e. The SMILES string of the molecule is CCCCCCCC/C=C\CCCCCCCC(=O)OC[C@H](COP(=O)(O)OC[C@H](N)C(=O)O)OC(=O)CCCC(O)/C=C/C=O. The molecular weight excluding hydrogens is 621 g/mol. The van der Waals surface area contributed by atoms with E-state index in [1.165, 1.54) is 44.6 Å². The lowest BCUT2D eigenvalue weighted by Gasteiger charge is -2.20. The molecule has 0 aromatic rings. The molecule has 0 aromatic carbocycles. The van der Waals surface area contributed by atoms with Crippen LogP contribution in [0.25, 0.3) is 0 Å². The summed E-state index contributed by atoms with van der Waals surface area (Å²) in [5.41, 5.74) is 5.26. The van der Waals surface area contributed by atoms with Gasteiger partial charge in [0.1, 0.15) is 18.9 Å². The fraction of sp³-hybridized carbons (Fsp3) is 0.750. The van der Waals surface area contributed by atoms with Gasteiger partial charge in [0, 0.05) is 12.8 Å². The van der Waals surface area contributed by atoms with Gasteiger partial charge >= 0.3 is 25.7 Å². The monoisotopic (exact) mass is 677 g/mol. The van der Waals surface area contributed by atoms with E-state index in [9.17, 15) is 33.7 Å². The Balaban J connectivity index is 4.48. The predicted octanol–water partition coefficient (Wildman–Crippen LogP) is 5.31. The normalized spacial score (nSPS) is 15.0. The number of allylic oxidation sites excluding steroid dienone is 3. The van der Waals surface area contributed by atoms with Gasteiger partial charge in [-0.2, -0.15) is 0 Å². The van der Waals surface area contributed by atoms with E-state index in [1.54, 1.807) is 0 Å². The number of hydrogen-bond donors (Lipinski definition) is 4. The Morgan fingerprint density at radius 2 is 1.37 bits per heavy atom. The van der Waals surface area contributed by atoms with Gasteiger partial charge in [-0.3, -0.25) is 28.2 Å². The van der Waals surface area contributed by atoms with Crippen LogP contribution < -0.4 is 5.73 Å². The third-order valence-electron chi connectivity index (χ3n) is 6.82. The number of phosphoric acid groups is 1. The zero-order valence-electron chi connectivity index (χ0n) is 27.3. The Labute approximate surface area is 273 Å². The lowest BCUT2D eigenvalue weighted by Crippen LogP contribution is -2.34. The number of hydrogen-bond acceptors (Lipinski definition) is 11. The second-order valence-electron chi connectivity index (χ2n) is 11.1. The minimum Gasteiger partial charge on any atom is -0.480 e. The Morgan fingerprint density at radius 3 is 1.98 bits per heavy atom. The quantitative estimate of drug-likeness (QED) is 0.0183. The van der Waals surface area contributed by atoms with Crippen molar-refractivity contribution in [2.75, 3.05) is 19.8 Å². The van der Waals surface area contributed by atoms with Gasteiger partial charge in [0.05, 0.1) is 19.3 Å². The summed E-state index contributed by atoms with van der Waals surface area (Å²) in [5.74, 6) is -2.72. The number of carboxylic acid groups (broad SMARTS) is 1. The maximum absolute atomic E-state index is 12.3. The van der Waals surface area contributed by atoms with Crippen molar-refractivity contribution in [2.24, 2.45) is 5.73 Å². The lowest BCUT2D eigenvalue weighted by atomic mass is 10.1. The summed E-state index contributed by atoms with van der Waals surface area (Å²) in [6.45, 7) is 0.280. The molecule has 0 aromatic heterocycles. The lowest BCUT2D eigenvalue weighted by molar-refractivity contribution is -0.161. The van der Waals surface area contributed by atoms with Crippen molar-refractivity contribution in [3.05, 3.63) is 24.3 Å². The van der Waals surface area contributed by atoms with Gasteiger partial charge < -0.3 is 30.3 Å². The van der Waals surface area contributed by atoms with Crippen LogP contribution >= 0.6 is 7.82 Å². The first-order chi connectivity index (χ1) is 22.0. The van der Waals surface area contributed by atoms with Crippen molar-refractivity contribution in [3.8, 4) is 0 Å². The van der Waals surface area contributed by atoms with Crippen LogP contribution in [-0.4, -0.2) is 77.4 Å². The van der Waals surface area contributed by atoms with E-state index in [0.717, 1.165) is 44.6 Å². The molecule has 13 nitrogen and oxygen atoms in total. The van der Waals surface area contributed by atoms with Crippen molar-refractivity contribution in [1.82, 2.24) is 0 Å². The van der Waals surface area contributed by atoms with Gasteiger partial charge in [-0.15, -0.1) is 0 Å². The molecule has 4 atom stereocenters. The third kappa shape index (κ3) is 27.9. The molecule has 0 spiro atoms. The number of aldehydes is 1. The molecule has 0 aliphatic carbocycles. The summed E-state index contributed by atoms with van der Waals surface area (Å²) in [4.78, 5) is 55.6. The number of aliphatic hydroxyl groups excluding tert-OH is 1. The van der Waals surface area contributed by atoms with Crippen LogP contribution in [0, 0.1) is 0 Å². The second kappa shape index (κ2) is 28.8. The summed E-state index contributed by atoms with van der Waals surface area (Å²) in [7, 11) is -4.77. The number of carbonyl (C=O) groups is 4. The Hall–Kier alpha value is -2.41. The minimum atomic E-state index is -4.77. The highest BCUT2D eigenvalue weighted by molar-refractivity contribution is 7.47. The Morgan fingerprint density at radius 1 is 0.804 bits per heavy atom. The molecule has 0 radical (unpaired) electrons. The number of nitrogens with two attached hydrogens (primary N) is 1. The number of esters is 2. The summed E-state index contributed by atoms with van der Waals surface area (Å²) in [6, 6.07) is -1.56. The largest absolute Gasteiger partial charge is 0.480 e. The summed E-state index contributed by atoms with van der Waals surface area (Å²) in [5, 5.41) is 18.5. The Kier molecular flexibility index (Phi) is 27.3. The zero-order chi connectivity index (χ0) is 34.5. The van der Waals surface area contributed by atoms with E-state index >= 15 is 0 Å². The van der Waals surface area contributed by atoms with Crippen molar-refractivity contribution >= 4 is 32.0 Å². The average molecular weight is 678 g/mol. The standard InChI is InChI=1S/C32H56NO12P/c1-2-3-4-5-6-7-8-9-10-11-12-13-14-15-16-21-30(36)42-24-28(25-43-46(40,41)44-26-29(33)32(38)39)45-31(37)22-17-19-27(35)20-18-23-34/h9-10,18,20,23,27-29,35H,2-8,11-17,19,21-22,24-26,33H2,1H3,(H,38,39)(H,40,41)/b10-9-,20-18+/t27?,28-,29+/m1/s1. The fourth-order valence-corrected chi connectivity index (χ4v) is 4.92. The molecule has 0 heterocycles.